The number of amides is 1. The number of aryl methyl sites for hydroxylation is 1. The zero-order valence-electron chi connectivity index (χ0n) is 9.71. The van der Waals surface area contributed by atoms with E-state index in [2.05, 4.69) is 27.9 Å². The van der Waals surface area contributed by atoms with Crippen molar-refractivity contribution in [2.75, 3.05) is 5.32 Å². The van der Waals surface area contributed by atoms with E-state index in [4.69, 9.17) is 11.6 Å². The molecule has 18 heavy (non-hydrogen) atoms. The summed E-state index contributed by atoms with van der Waals surface area (Å²) in [7, 11) is 0. The van der Waals surface area contributed by atoms with E-state index in [-0.39, 0.29) is 5.91 Å². The molecular weight excluding hydrogens is 361 g/mol. The van der Waals surface area contributed by atoms with E-state index >= 15 is 0 Å². The molecule has 1 amide bonds. The number of rotatable bonds is 2. The van der Waals surface area contributed by atoms with E-state index in [1.807, 2.05) is 43.3 Å². The maximum Gasteiger partial charge on any atom is 0.255 e. The number of anilines is 1. The third-order valence-electron chi connectivity index (χ3n) is 2.43. The molecule has 1 N–H and O–H groups in total. The molecule has 0 unspecified atom stereocenters. The fourth-order valence-electron chi connectivity index (χ4n) is 1.62. The average Bonchev–Trinajstić information content (AvgIpc) is 2.31. The number of benzene rings is 2. The Labute approximate surface area is 124 Å². The molecule has 0 bridgehead atoms. The zero-order chi connectivity index (χ0) is 13.1. The van der Waals surface area contributed by atoms with Crippen LogP contribution in [0.5, 0.6) is 0 Å². The van der Waals surface area contributed by atoms with Crippen LogP contribution in [0.3, 0.4) is 0 Å². The van der Waals surface area contributed by atoms with E-state index < -0.39 is 0 Å². The van der Waals surface area contributed by atoms with Gasteiger partial charge in [-0.25, -0.2) is 0 Å². The third kappa shape index (κ3) is 3.23. The summed E-state index contributed by atoms with van der Waals surface area (Å²) in [6.45, 7) is 1.91. The molecule has 2 nitrogen and oxygen atoms in total. The van der Waals surface area contributed by atoms with Crippen molar-refractivity contribution < 1.29 is 4.79 Å². The van der Waals surface area contributed by atoms with Crippen LogP contribution in [0.4, 0.5) is 5.69 Å². The van der Waals surface area contributed by atoms with Gasteiger partial charge in [0.05, 0.1) is 5.69 Å². The summed E-state index contributed by atoms with van der Waals surface area (Å²) >= 11 is 8.13. The van der Waals surface area contributed by atoms with Gasteiger partial charge in [-0.3, -0.25) is 4.79 Å². The Bertz CT molecular complexity index is 578. The Morgan fingerprint density at radius 1 is 1.22 bits per heavy atom. The SMILES string of the molecule is Cc1cc(Cl)cc(C(=O)Nc2ccccc2I)c1. The van der Waals surface area contributed by atoms with Gasteiger partial charge in [0.2, 0.25) is 0 Å². The third-order valence-corrected chi connectivity index (χ3v) is 3.59. The molecule has 0 radical (unpaired) electrons. The minimum atomic E-state index is -0.148. The first-order valence-electron chi connectivity index (χ1n) is 5.39. The first-order valence-corrected chi connectivity index (χ1v) is 6.85. The average molecular weight is 372 g/mol. The largest absolute Gasteiger partial charge is 0.321 e. The molecule has 2 aromatic carbocycles. The van der Waals surface area contributed by atoms with Gasteiger partial charge >= 0.3 is 0 Å². The molecule has 0 saturated heterocycles. The molecule has 0 heterocycles. The second-order valence-corrected chi connectivity index (χ2v) is 5.55. The normalized spacial score (nSPS) is 10.2. The van der Waals surface area contributed by atoms with Crippen molar-refractivity contribution in [3.05, 3.63) is 62.2 Å². The lowest BCUT2D eigenvalue weighted by molar-refractivity contribution is 0.102. The Balaban J connectivity index is 2.25. The van der Waals surface area contributed by atoms with Crippen LogP contribution in [0.25, 0.3) is 0 Å². The number of carbonyl (C=O) groups is 1. The molecule has 0 fully saturated rings. The standard InChI is InChI=1S/C14H11ClINO/c1-9-6-10(8-11(15)7-9)14(18)17-13-5-3-2-4-12(13)16/h2-8H,1H3,(H,17,18). The predicted molar refractivity (Wildman–Crippen MR) is 83.3 cm³/mol. The van der Waals surface area contributed by atoms with Crippen LogP contribution in [0.1, 0.15) is 15.9 Å². The predicted octanol–water partition coefficient (Wildman–Crippen LogP) is 4.51. The lowest BCUT2D eigenvalue weighted by atomic mass is 10.1. The van der Waals surface area contributed by atoms with Crippen LogP contribution < -0.4 is 5.32 Å². The first kappa shape index (κ1) is 13.4. The summed E-state index contributed by atoms with van der Waals surface area (Å²) in [5, 5.41) is 3.45. The maximum atomic E-state index is 12.1. The van der Waals surface area contributed by atoms with Gasteiger partial charge in [0.25, 0.3) is 5.91 Å². The molecule has 2 aromatic rings. The fourth-order valence-corrected chi connectivity index (χ4v) is 2.44. The molecule has 0 aliphatic heterocycles. The molecule has 0 aliphatic rings. The van der Waals surface area contributed by atoms with E-state index in [0.717, 1.165) is 14.8 Å². The van der Waals surface area contributed by atoms with Gasteiger partial charge in [-0.05, 0) is 65.4 Å². The Kier molecular flexibility index (Phi) is 4.24. The van der Waals surface area contributed by atoms with E-state index in [1.54, 1.807) is 6.07 Å². The van der Waals surface area contributed by atoms with Crippen molar-refractivity contribution >= 4 is 45.8 Å². The first-order chi connectivity index (χ1) is 8.56. The molecule has 92 valence electrons. The maximum absolute atomic E-state index is 12.1. The van der Waals surface area contributed by atoms with Gasteiger partial charge in [0, 0.05) is 14.2 Å². The zero-order valence-corrected chi connectivity index (χ0v) is 12.6. The number of carbonyl (C=O) groups excluding carboxylic acids is 1. The number of nitrogens with one attached hydrogen (secondary N) is 1. The minimum absolute atomic E-state index is 0.148. The molecular formula is C14H11ClINO. The summed E-state index contributed by atoms with van der Waals surface area (Å²) in [4.78, 5) is 12.1. The van der Waals surface area contributed by atoms with Gasteiger partial charge in [-0.15, -0.1) is 0 Å². The molecule has 0 spiro atoms. The van der Waals surface area contributed by atoms with E-state index in [9.17, 15) is 4.79 Å². The van der Waals surface area contributed by atoms with Gasteiger partial charge in [0.1, 0.15) is 0 Å². The summed E-state index contributed by atoms with van der Waals surface area (Å²) in [5.74, 6) is -0.148. The van der Waals surface area contributed by atoms with Gasteiger partial charge in [0.15, 0.2) is 0 Å². The molecule has 4 heteroatoms. The van der Waals surface area contributed by atoms with Crippen molar-refractivity contribution in [1.29, 1.82) is 0 Å². The second kappa shape index (κ2) is 5.71. The number of hydrogen-bond acceptors (Lipinski definition) is 1. The number of halogens is 2. The van der Waals surface area contributed by atoms with Crippen LogP contribution in [0.2, 0.25) is 5.02 Å². The number of hydrogen-bond donors (Lipinski definition) is 1. The van der Waals surface area contributed by atoms with Crippen molar-refractivity contribution in [3.63, 3.8) is 0 Å². The van der Waals surface area contributed by atoms with Gasteiger partial charge < -0.3 is 5.32 Å². The van der Waals surface area contributed by atoms with E-state index in [0.29, 0.717) is 10.6 Å². The highest BCUT2D eigenvalue weighted by Crippen LogP contribution is 2.19. The van der Waals surface area contributed by atoms with Crippen LogP contribution in [-0.2, 0) is 0 Å². The monoisotopic (exact) mass is 371 g/mol. The minimum Gasteiger partial charge on any atom is -0.321 e. The van der Waals surface area contributed by atoms with Crippen molar-refractivity contribution in [2.24, 2.45) is 0 Å². The van der Waals surface area contributed by atoms with Crippen LogP contribution in [-0.4, -0.2) is 5.91 Å². The fraction of sp³-hybridized carbons (Fsp3) is 0.0714. The Morgan fingerprint density at radius 2 is 1.94 bits per heavy atom. The Hall–Kier alpha value is -1.07. The second-order valence-electron chi connectivity index (χ2n) is 3.95. The summed E-state index contributed by atoms with van der Waals surface area (Å²) in [6.07, 6.45) is 0. The lowest BCUT2D eigenvalue weighted by Crippen LogP contribution is -2.12. The van der Waals surface area contributed by atoms with Gasteiger partial charge in [-0.2, -0.15) is 0 Å². The molecule has 0 atom stereocenters. The lowest BCUT2D eigenvalue weighted by Gasteiger charge is -2.08. The van der Waals surface area contributed by atoms with Crippen LogP contribution in [0.15, 0.2) is 42.5 Å². The smallest absolute Gasteiger partial charge is 0.255 e. The van der Waals surface area contributed by atoms with Crippen molar-refractivity contribution in [1.82, 2.24) is 0 Å². The van der Waals surface area contributed by atoms with Crippen LogP contribution >= 0.6 is 34.2 Å². The highest BCUT2D eigenvalue weighted by Gasteiger charge is 2.09. The molecule has 0 aliphatic carbocycles. The summed E-state index contributed by atoms with van der Waals surface area (Å²) < 4.78 is 1.00. The summed E-state index contributed by atoms with van der Waals surface area (Å²) in [6, 6.07) is 12.9. The quantitative estimate of drug-likeness (QED) is 0.774. The van der Waals surface area contributed by atoms with Gasteiger partial charge in [-0.1, -0.05) is 23.7 Å². The number of para-hydroxylation sites is 1. The van der Waals surface area contributed by atoms with Crippen LogP contribution in [0, 0.1) is 10.5 Å². The summed E-state index contributed by atoms with van der Waals surface area (Å²) in [5.41, 5.74) is 2.34. The molecule has 0 aromatic heterocycles. The van der Waals surface area contributed by atoms with E-state index in [1.165, 1.54) is 0 Å². The molecule has 0 saturated carbocycles. The highest BCUT2D eigenvalue weighted by atomic mass is 127. The Morgan fingerprint density at radius 3 is 2.61 bits per heavy atom. The topological polar surface area (TPSA) is 29.1 Å². The van der Waals surface area contributed by atoms with Crippen molar-refractivity contribution in [2.45, 2.75) is 6.92 Å². The highest BCUT2D eigenvalue weighted by molar-refractivity contribution is 14.1. The van der Waals surface area contributed by atoms with Crippen molar-refractivity contribution in [3.8, 4) is 0 Å². The molecule has 2 rings (SSSR count).